The van der Waals surface area contributed by atoms with E-state index < -0.39 is 15.6 Å². The molecule has 0 saturated heterocycles. The Balaban J connectivity index is 2.30. The summed E-state index contributed by atoms with van der Waals surface area (Å²) >= 11 is 5.83. The van der Waals surface area contributed by atoms with Gasteiger partial charge >= 0.3 is 0 Å². The minimum absolute atomic E-state index is 0.0482. The van der Waals surface area contributed by atoms with Gasteiger partial charge in [-0.1, -0.05) is 41.9 Å². The highest BCUT2D eigenvalue weighted by Crippen LogP contribution is 2.38. The third-order valence-electron chi connectivity index (χ3n) is 3.28. The molecule has 0 radical (unpaired) electrons. The molecular formula is C15H10ClNO3S. The summed E-state index contributed by atoms with van der Waals surface area (Å²) < 4.78 is 25.0. The summed E-state index contributed by atoms with van der Waals surface area (Å²) in [7, 11) is -3.91. The smallest absolute Gasteiger partial charge is 0.213 e. The average Bonchev–Trinajstić information content (AvgIpc) is 2.66. The number of ketones is 1. The molecule has 0 fully saturated rings. The van der Waals surface area contributed by atoms with Crippen LogP contribution in [0.1, 0.15) is 15.9 Å². The van der Waals surface area contributed by atoms with Gasteiger partial charge in [0.2, 0.25) is 15.6 Å². The van der Waals surface area contributed by atoms with Crippen LogP contribution in [0, 0.1) is 0 Å². The molecule has 2 aromatic carbocycles. The van der Waals surface area contributed by atoms with Crippen molar-refractivity contribution >= 4 is 32.9 Å². The largest absolute Gasteiger partial charge is 0.397 e. The van der Waals surface area contributed by atoms with Crippen LogP contribution < -0.4 is 5.73 Å². The maximum atomic E-state index is 12.5. The number of Topliss-reactive ketones (excluding diaryl/α,β-unsaturated/α-hetero) is 1. The van der Waals surface area contributed by atoms with E-state index in [-0.39, 0.29) is 21.1 Å². The molecule has 0 aromatic heterocycles. The van der Waals surface area contributed by atoms with E-state index in [4.69, 9.17) is 17.3 Å². The fourth-order valence-corrected chi connectivity index (χ4v) is 4.13. The molecule has 106 valence electrons. The third kappa shape index (κ3) is 2.05. The van der Waals surface area contributed by atoms with Crippen molar-refractivity contribution in [3.63, 3.8) is 0 Å². The molecule has 6 heteroatoms. The summed E-state index contributed by atoms with van der Waals surface area (Å²) in [5, 5.41) is 0.303. The maximum Gasteiger partial charge on any atom is 0.213 e. The second-order valence-corrected chi connectivity index (χ2v) is 6.87. The highest BCUT2D eigenvalue weighted by molar-refractivity contribution is 7.97. The molecule has 1 aliphatic heterocycles. The van der Waals surface area contributed by atoms with Gasteiger partial charge in [0.1, 0.15) is 4.91 Å². The highest BCUT2D eigenvalue weighted by Gasteiger charge is 2.41. The second-order valence-electron chi connectivity index (χ2n) is 4.58. The Kier molecular flexibility index (Phi) is 3.11. The van der Waals surface area contributed by atoms with Crippen LogP contribution in [0.4, 0.5) is 0 Å². The summed E-state index contributed by atoms with van der Waals surface area (Å²) in [5.41, 5.74) is 6.44. The van der Waals surface area contributed by atoms with E-state index in [1.165, 1.54) is 18.2 Å². The molecule has 0 atom stereocenters. The molecule has 0 unspecified atom stereocenters. The summed E-state index contributed by atoms with van der Waals surface area (Å²) in [6.07, 6.45) is 0. The van der Waals surface area contributed by atoms with Crippen LogP contribution in [0.25, 0.3) is 5.70 Å². The van der Waals surface area contributed by atoms with Crippen LogP contribution in [-0.2, 0) is 9.84 Å². The maximum absolute atomic E-state index is 12.5. The SMILES string of the molecule is NC(=C1C(=O)c2cc(Cl)ccc2S1(=O)=O)c1ccccc1. The number of rotatable bonds is 1. The first kappa shape index (κ1) is 13.9. The van der Waals surface area contributed by atoms with E-state index in [1.807, 2.05) is 0 Å². The van der Waals surface area contributed by atoms with Gasteiger partial charge in [0.25, 0.3) is 0 Å². The highest BCUT2D eigenvalue weighted by atomic mass is 35.5. The molecule has 1 heterocycles. The van der Waals surface area contributed by atoms with Gasteiger partial charge in [-0.25, -0.2) is 8.42 Å². The van der Waals surface area contributed by atoms with Crippen LogP contribution in [-0.4, -0.2) is 14.2 Å². The number of hydrogen-bond donors (Lipinski definition) is 1. The predicted molar refractivity (Wildman–Crippen MR) is 80.5 cm³/mol. The van der Waals surface area contributed by atoms with Crippen molar-refractivity contribution in [2.45, 2.75) is 4.90 Å². The molecule has 0 amide bonds. The minimum Gasteiger partial charge on any atom is -0.397 e. The lowest BCUT2D eigenvalue weighted by Crippen LogP contribution is -2.11. The minimum atomic E-state index is -3.91. The van der Waals surface area contributed by atoms with Gasteiger partial charge in [-0.3, -0.25) is 4.79 Å². The van der Waals surface area contributed by atoms with Gasteiger partial charge in [0.05, 0.1) is 10.6 Å². The molecule has 21 heavy (non-hydrogen) atoms. The quantitative estimate of drug-likeness (QED) is 0.820. The predicted octanol–water partition coefficient (Wildman–Crippen LogP) is 2.64. The fourth-order valence-electron chi connectivity index (χ4n) is 2.28. The number of halogens is 1. The summed E-state index contributed by atoms with van der Waals surface area (Å²) in [6, 6.07) is 12.6. The van der Waals surface area contributed by atoms with Crippen molar-refractivity contribution in [3.8, 4) is 0 Å². The Hall–Kier alpha value is -2.11. The van der Waals surface area contributed by atoms with E-state index >= 15 is 0 Å². The molecular weight excluding hydrogens is 310 g/mol. The van der Waals surface area contributed by atoms with Gasteiger partial charge in [-0.15, -0.1) is 0 Å². The van der Waals surface area contributed by atoms with Crippen LogP contribution in [0.5, 0.6) is 0 Å². The standard InChI is InChI=1S/C15H10ClNO3S/c16-10-6-7-12-11(8-10)14(18)15(21(12,19)20)13(17)9-4-2-1-3-5-9/h1-8H,17H2. The molecule has 0 aliphatic carbocycles. The van der Waals surface area contributed by atoms with Crippen LogP contribution >= 0.6 is 11.6 Å². The number of hydrogen-bond acceptors (Lipinski definition) is 4. The lowest BCUT2D eigenvalue weighted by molar-refractivity contribution is 0.104. The lowest BCUT2D eigenvalue weighted by atomic mass is 10.1. The summed E-state index contributed by atoms with van der Waals surface area (Å²) in [5.74, 6) is -0.617. The Morgan fingerprint density at radius 3 is 2.38 bits per heavy atom. The van der Waals surface area contributed by atoms with Gasteiger partial charge < -0.3 is 5.73 Å². The molecule has 2 aromatic rings. The van der Waals surface area contributed by atoms with Crippen molar-refractivity contribution in [3.05, 3.63) is 69.6 Å². The Labute approximate surface area is 126 Å². The number of allylic oxidation sites excluding steroid dienone is 1. The van der Waals surface area contributed by atoms with Crippen molar-refractivity contribution in [1.29, 1.82) is 0 Å². The zero-order valence-electron chi connectivity index (χ0n) is 10.7. The van der Waals surface area contributed by atoms with Gasteiger partial charge in [-0.05, 0) is 23.8 Å². The van der Waals surface area contributed by atoms with Crippen molar-refractivity contribution in [2.75, 3.05) is 0 Å². The Morgan fingerprint density at radius 1 is 1.05 bits per heavy atom. The van der Waals surface area contributed by atoms with Crippen molar-refractivity contribution in [1.82, 2.24) is 0 Å². The first-order chi connectivity index (χ1) is 9.93. The number of carbonyl (C=O) groups excluding carboxylic acids is 1. The fraction of sp³-hybridized carbons (Fsp3) is 0. The molecule has 3 rings (SSSR count). The van der Waals surface area contributed by atoms with Gasteiger partial charge in [-0.2, -0.15) is 0 Å². The Bertz CT molecular complexity index is 886. The van der Waals surface area contributed by atoms with Crippen LogP contribution in [0.2, 0.25) is 5.02 Å². The van der Waals surface area contributed by atoms with Crippen LogP contribution in [0.15, 0.2) is 58.3 Å². The molecule has 4 nitrogen and oxygen atoms in total. The van der Waals surface area contributed by atoms with Gasteiger partial charge in [0.15, 0.2) is 0 Å². The normalized spacial score (nSPS) is 18.4. The third-order valence-corrected chi connectivity index (χ3v) is 5.39. The second kappa shape index (κ2) is 4.72. The molecule has 0 bridgehead atoms. The molecule has 2 N–H and O–H groups in total. The molecule has 1 aliphatic rings. The zero-order valence-corrected chi connectivity index (χ0v) is 12.3. The number of fused-ring (bicyclic) bond motifs is 1. The molecule has 0 saturated carbocycles. The van der Waals surface area contributed by atoms with Crippen LogP contribution in [0.3, 0.4) is 0 Å². The topological polar surface area (TPSA) is 77.2 Å². The number of carbonyl (C=O) groups is 1. The monoisotopic (exact) mass is 319 g/mol. The lowest BCUT2D eigenvalue weighted by Gasteiger charge is -2.05. The number of nitrogens with two attached hydrogens (primary N) is 1. The van der Waals surface area contributed by atoms with Gasteiger partial charge in [0, 0.05) is 10.6 Å². The van der Waals surface area contributed by atoms with E-state index in [1.54, 1.807) is 30.3 Å². The number of benzene rings is 2. The van der Waals surface area contributed by atoms with E-state index in [0.717, 1.165) is 0 Å². The number of sulfone groups is 1. The van der Waals surface area contributed by atoms with Crippen molar-refractivity contribution in [2.24, 2.45) is 5.73 Å². The summed E-state index contributed by atoms with van der Waals surface area (Å²) in [6.45, 7) is 0. The average molecular weight is 320 g/mol. The van der Waals surface area contributed by atoms with E-state index in [9.17, 15) is 13.2 Å². The van der Waals surface area contributed by atoms with E-state index in [0.29, 0.717) is 10.6 Å². The zero-order chi connectivity index (χ0) is 15.2. The Morgan fingerprint density at radius 2 is 1.71 bits per heavy atom. The van der Waals surface area contributed by atoms with Crippen molar-refractivity contribution < 1.29 is 13.2 Å². The van der Waals surface area contributed by atoms with E-state index in [2.05, 4.69) is 0 Å². The first-order valence-electron chi connectivity index (χ1n) is 6.07. The molecule has 0 spiro atoms. The first-order valence-corrected chi connectivity index (χ1v) is 7.93. The summed E-state index contributed by atoms with van der Waals surface area (Å²) in [4.78, 5) is 12.0.